The molecule has 0 N–H and O–H groups in total. The van der Waals surface area contributed by atoms with Gasteiger partial charge < -0.3 is 13.6 Å². The number of benzene rings is 9. The lowest BCUT2D eigenvalue weighted by molar-refractivity contribution is 0.670. The van der Waals surface area contributed by atoms with Crippen molar-refractivity contribution in [1.82, 2.24) is 24.1 Å². The van der Waals surface area contributed by atoms with E-state index in [1.165, 1.54) is 32.6 Å². The second-order valence-corrected chi connectivity index (χ2v) is 16.0. The van der Waals surface area contributed by atoms with Crippen molar-refractivity contribution in [3.8, 4) is 56.7 Å². The number of para-hydroxylation sites is 4. The van der Waals surface area contributed by atoms with Crippen LogP contribution in [0.4, 0.5) is 0 Å². The minimum absolute atomic E-state index is 0.578. The van der Waals surface area contributed by atoms with E-state index in [0.29, 0.717) is 17.5 Å². The zero-order chi connectivity index (χ0) is 41.4. The Bertz CT molecular complexity index is 3890. The molecule has 13 rings (SSSR count). The quantitative estimate of drug-likeness (QED) is 0.168. The van der Waals surface area contributed by atoms with E-state index >= 15 is 0 Å². The van der Waals surface area contributed by atoms with Crippen molar-refractivity contribution in [3.63, 3.8) is 0 Å². The van der Waals surface area contributed by atoms with Gasteiger partial charge >= 0.3 is 0 Å². The molecule has 6 nitrogen and oxygen atoms in total. The fraction of sp³-hybridized carbons (Fsp3) is 0. The van der Waals surface area contributed by atoms with E-state index in [1.807, 2.05) is 36.4 Å². The minimum atomic E-state index is 0.578. The van der Waals surface area contributed by atoms with Gasteiger partial charge in [0.2, 0.25) is 0 Å². The van der Waals surface area contributed by atoms with E-state index in [0.717, 1.165) is 72.2 Å². The molecule has 0 atom stereocenters. The van der Waals surface area contributed by atoms with E-state index in [4.69, 9.17) is 19.4 Å². The molecule has 6 heteroatoms. The minimum Gasteiger partial charge on any atom is -0.455 e. The van der Waals surface area contributed by atoms with Crippen molar-refractivity contribution < 1.29 is 4.42 Å². The summed E-state index contributed by atoms with van der Waals surface area (Å²) >= 11 is 0. The van der Waals surface area contributed by atoms with E-state index in [1.54, 1.807) is 0 Å². The number of aromatic nitrogens is 5. The molecule has 63 heavy (non-hydrogen) atoms. The van der Waals surface area contributed by atoms with Crippen LogP contribution in [0.15, 0.2) is 217 Å². The number of fused-ring (bicyclic) bond motifs is 10. The van der Waals surface area contributed by atoms with Crippen molar-refractivity contribution in [2.75, 3.05) is 0 Å². The second-order valence-electron chi connectivity index (χ2n) is 16.0. The maximum Gasteiger partial charge on any atom is 0.164 e. The average Bonchev–Trinajstić information content (AvgIpc) is 4.02. The monoisotopic (exact) mass is 805 g/mol. The van der Waals surface area contributed by atoms with E-state index in [9.17, 15) is 0 Å². The highest BCUT2D eigenvalue weighted by molar-refractivity contribution is 6.26. The summed E-state index contributed by atoms with van der Waals surface area (Å²) in [6.07, 6.45) is 0. The van der Waals surface area contributed by atoms with Crippen LogP contribution in [0.1, 0.15) is 0 Å². The van der Waals surface area contributed by atoms with Crippen molar-refractivity contribution in [2.45, 2.75) is 0 Å². The van der Waals surface area contributed by atoms with Gasteiger partial charge in [-0.1, -0.05) is 146 Å². The van der Waals surface area contributed by atoms with Gasteiger partial charge in [0.1, 0.15) is 11.2 Å². The zero-order valence-electron chi connectivity index (χ0n) is 33.9. The van der Waals surface area contributed by atoms with Crippen LogP contribution in [0.5, 0.6) is 0 Å². The molecule has 0 fully saturated rings. The molecular weight excluding hydrogens is 771 g/mol. The number of hydrogen-bond donors (Lipinski definition) is 0. The zero-order valence-corrected chi connectivity index (χ0v) is 33.9. The van der Waals surface area contributed by atoms with Crippen LogP contribution in [0, 0.1) is 0 Å². The third kappa shape index (κ3) is 5.55. The average molecular weight is 806 g/mol. The Balaban J connectivity index is 0.956. The first-order valence-electron chi connectivity index (χ1n) is 21.2. The van der Waals surface area contributed by atoms with Crippen LogP contribution in [-0.2, 0) is 0 Å². The highest BCUT2D eigenvalue weighted by Gasteiger charge is 2.21. The van der Waals surface area contributed by atoms with Crippen LogP contribution in [0.3, 0.4) is 0 Å². The summed E-state index contributed by atoms with van der Waals surface area (Å²) in [6.45, 7) is 0. The van der Waals surface area contributed by atoms with Gasteiger partial charge in [0, 0.05) is 65.9 Å². The molecule has 0 amide bonds. The lowest BCUT2D eigenvalue weighted by atomic mass is 10.0. The Morgan fingerprint density at radius 1 is 0.333 bits per heavy atom. The SMILES string of the molecule is c1ccc(-c2nc(-c3ccc(-n4c5ccccc5c5c4ccc4c6ccccc6n(-c6ccccc6)c45)cc3)nc(-c3ccc4c(c3)oc3c(-c5ccccc5)cccc34)n2)cc1. The summed E-state index contributed by atoms with van der Waals surface area (Å²) in [4.78, 5) is 15.3. The Morgan fingerprint density at radius 2 is 0.873 bits per heavy atom. The molecule has 0 aliphatic rings. The highest BCUT2D eigenvalue weighted by Crippen LogP contribution is 2.42. The first kappa shape index (κ1) is 35.2. The molecule has 0 aliphatic heterocycles. The summed E-state index contributed by atoms with van der Waals surface area (Å²) in [7, 11) is 0. The molecule has 4 aromatic heterocycles. The topological polar surface area (TPSA) is 61.7 Å². The van der Waals surface area contributed by atoms with Crippen molar-refractivity contribution in [2.24, 2.45) is 0 Å². The summed E-state index contributed by atoms with van der Waals surface area (Å²) in [5.41, 5.74) is 13.4. The lowest BCUT2D eigenvalue weighted by Crippen LogP contribution is -2.00. The molecule has 0 radical (unpaired) electrons. The van der Waals surface area contributed by atoms with Crippen LogP contribution < -0.4 is 0 Å². The van der Waals surface area contributed by atoms with Crippen LogP contribution in [0.2, 0.25) is 0 Å². The van der Waals surface area contributed by atoms with Gasteiger partial charge in [0.25, 0.3) is 0 Å². The first-order valence-corrected chi connectivity index (χ1v) is 21.2. The molecule has 0 spiro atoms. The maximum absolute atomic E-state index is 6.63. The van der Waals surface area contributed by atoms with Gasteiger partial charge in [-0.25, -0.2) is 15.0 Å². The number of furan rings is 1. The fourth-order valence-electron chi connectivity index (χ4n) is 9.52. The molecule has 9 aromatic carbocycles. The molecule has 0 saturated heterocycles. The number of nitrogens with zero attached hydrogens (tertiary/aromatic N) is 5. The second kappa shape index (κ2) is 14.0. The first-order chi connectivity index (χ1) is 31.2. The number of rotatable bonds is 6. The van der Waals surface area contributed by atoms with Crippen LogP contribution in [0.25, 0.3) is 122 Å². The maximum atomic E-state index is 6.63. The summed E-state index contributed by atoms with van der Waals surface area (Å²) in [5, 5.41) is 7.02. The van der Waals surface area contributed by atoms with Gasteiger partial charge in [-0.05, 0) is 72.3 Å². The Kier molecular flexibility index (Phi) is 7.80. The third-order valence-electron chi connectivity index (χ3n) is 12.4. The normalized spacial score (nSPS) is 11.8. The van der Waals surface area contributed by atoms with Gasteiger partial charge in [-0.2, -0.15) is 0 Å². The van der Waals surface area contributed by atoms with Crippen molar-refractivity contribution in [3.05, 3.63) is 212 Å². The largest absolute Gasteiger partial charge is 0.455 e. The van der Waals surface area contributed by atoms with E-state index < -0.39 is 0 Å². The summed E-state index contributed by atoms with van der Waals surface area (Å²) in [6, 6.07) is 74.3. The highest BCUT2D eigenvalue weighted by atomic mass is 16.3. The Morgan fingerprint density at radius 3 is 1.60 bits per heavy atom. The smallest absolute Gasteiger partial charge is 0.164 e. The molecule has 0 aliphatic carbocycles. The molecule has 13 aromatic rings. The van der Waals surface area contributed by atoms with Gasteiger partial charge in [0.05, 0.1) is 22.1 Å². The molecule has 4 heterocycles. The molecule has 0 unspecified atom stereocenters. The van der Waals surface area contributed by atoms with Gasteiger partial charge in [0.15, 0.2) is 17.5 Å². The fourth-order valence-corrected chi connectivity index (χ4v) is 9.52. The summed E-state index contributed by atoms with van der Waals surface area (Å²) < 4.78 is 11.4. The van der Waals surface area contributed by atoms with Crippen molar-refractivity contribution in [1.29, 1.82) is 0 Å². The van der Waals surface area contributed by atoms with Crippen LogP contribution in [-0.4, -0.2) is 24.1 Å². The lowest BCUT2D eigenvalue weighted by Gasteiger charge is -2.11. The predicted octanol–water partition coefficient (Wildman–Crippen LogP) is 14.6. The van der Waals surface area contributed by atoms with Gasteiger partial charge in [-0.3, -0.25) is 0 Å². The predicted molar refractivity (Wildman–Crippen MR) is 258 cm³/mol. The molecule has 0 bridgehead atoms. The third-order valence-corrected chi connectivity index (χ3v) is 12.4. The molecule has 0 saturated carbocycles. The standard InChI is InChI=1S/C57H35N5O/c1-4-15-36(16-5-1)42-23-14-24-46-44-32-29-39(35-51(44)63-54(42)46)57-59-55(37-17-6-2-7-18-37)58-56(60-57)38-27-30-41(31-28-38)61-49-26-13-11-22-47(49)52-50(61)34-33-45-43-21-10-12-25-48(43)62(53(45)52)40-19-8-3-9-20-40/h1-35H. The number of hydrogen-bond acceptors (Lipinski definition) is 4. The van der Waals surface area contributed by atoms with E-state index in [-0.39, 0.29) is 0 Å². The Labute approximate surface area is 361 Å². The van der Waals surface area contributed by atoms with E-state index in [2.05, 4.69) is 185 Å². The van der Waals surface area contributed by atoms with Crippen LogP contribution >= 0.6 is 0 Å². The van der Waals surface area contributed by atoms with Crippen molar-refractivity contribution >= 4 is 65.6 Å². The Hall–Kier alpha value is -8.61. The molecular formula is C57H35N5O. The molecule has 294 valence electrons. The summed E-state index contributed by atoms with van der Waals surface area (Å²) in [5.74, 6) is 1.78. The van der Waals surface area contributed by atoms with Gasteiger partial charge in [-0.15, -0.1) is 0 Å².